The van der Waals surface area contributed by atoms with Gasteiger partial charge in [-0.3, -0.25) is 0 Å². The average Bonchev–Trinajstić information content (AvgIpc) is 3.07. The van der Waals surface area contributed by atoms with Gasteiger partial charge in [0.25, 0.3) is 0 Å². The second-order valence-electron chi connectivity index (χ2n) is 5.66. The minimum atomic E-state index is 0.257. The molecule has 2 heterocycles. The van der Waals surface area contributed by atoms with Crippen LogP contribution in [0.15, 0.2) is 23.6 Å². The molecule has 21 heavy (non-hydrogen) atoms. The molecule has 1 fully saturated rings. The largest absolute Gasteiger partial charge is 0.454 e. The number of benzene rings is 1. The van der Waals surface area contributed by atoms with Gasteiger partial charge in [0.2, 0.25) is 6.79 Å². The van der Waals surface area contributed by atoms with E-state index < -0.39 is 0 Å². The molecule has 0 radical (unpaired) electrons. The van der Waals surface area contributed by atoms with Crippen LogP contribution in [0.5, 0.6) is 11.5 Å². The molecule has 110 valence electrons. The molecule has 0 unspecified atom stereocenters. The first-order valence-electron chi connectivity index (χ1n) is 7.37. The van der Waals surface area contributed by atoms with Crippen LogP contribution < -0.4 is 14.8 Å². The smallest absolute Gasteiger partial charge is 0.231 e. The Labute approximate surface area is 128 Å². The van der Waals surface area contributed by atoms with Gasteiger partial charge in [0.1, 0.15) is 5.01 Å². The summed E-state index contributed by atoms with van der Waals surface area (Å²) in [6.07, 6.45) is 2.62. The Morgan fingerprint density at radius 3 is 3.05 bits per heavy atom. The lowest BCUT2D eigenvalue weighted by atomic mass is 10.1. The molecule has 1 aliphatic carbocycles. The molecular formula is C16H18N2O2S. The Morgan fingerprint density at radius 1 is 1.33 bits per heavy atom. The quantitative estimate of drug-likeness (QED) is 0.916. The van der Waals surface area contributed by atoms with Crippen LogP contribution in [0.2, 0.25) is 0 Å². The second-order valence-corrected chi connectivity index (χ2v) is 6.60. The van der Waals surface area contributed by atoms with Crippen molar-refractivity contribution in [1.29, 1.82) is 0 Å². The SMILES string of the molecule is C[C@@H](NCc1nc(C2CC2)cs1)c1ccc2c(c1)OCO2. The monoisotopic (exact) mass is 302 g/mol. The molecule has 1 aromatic carbocycles. The van der Waals surface area contributed by atoms with Gasteiger partial charge >= 0.3 is 0 Å². The van der Waals surface area contributed by atoms with Crippen molar-refractivity contribution in [2.45, 2.75) is 38.3 Å². The molecule has 4 nitrogen and oxygen atoms in total. The minimum Gasteiger partial charge on any atom is -0.454 e. The highest BCUT2D eigenvalue weighted by Gasteiger charge is 2.26. The predicted molar refractivity (Wildman–Crippen MR) is 81.9 cm³/mol. The van der Waals surface area contributed by atoms with Crippen molar-refractivity contribution < 1.29 is 9.47 Å². The maximum Gasteiger partial charge on any atom is 0.231 e. The number of fused-ring (bicyclic) bond motifs is 1. The van der Waals surface area contributed by atoms with Crippen LogP contribution in [0.4, 0.5) is 0 Å². The Balaban J connectivity index is 1.39. The first-order valence-corrected chi connectivity index (χ1v) is 8.25. The molecular weight excluding hydrogens is 284 g/mol. The molecule has 1 N–H and O–H groups in total. The molecule has 2 aliphatic rings. The second kappa shape index (κ2) is 5.31. The molecule has 1 aromatic heterocycles. The van der Waals surface area contributed by atoms with Gasteiger partial charge in [-0.15, -0.1) is 11.3 Å². The molecule has 0 saturated heterocycles. The average molecular weight is 302 g/mol. The van der Waals surface area contributed by atoms with Crippen molar-refractivity contribution in [2.75, 3.05) is 6.79 Å². The summed E-state index contributed by atoms with van der Waals surface area (Å²) in [5.41, 5.74) is 2.49. The third-order valence-corrected chi connectivity index (χ3v) is 4.89. The van der Waals surface area contributed by atoms with Crippen molar-refractivity contribution in [2.24, 2.45) is 0 Å². The van der Waals surface area contributed by atoms with E-state index in [4.69, 9.17) is 14.5 Å². The van der Waals surface area contributed by atoms with Crippen molar-refractivity contribution in [3.8, 4) is 11.5 Å². The maximum absolute atomic E-state index is 5.43. The number of nitrogens with one attached hydrogen (secondary N) is 1. The zero-order valence-corrected chi connectivity index (χ0v) is 12.8. The molecule has 0 amide bonds. The van der Waals surface area contributed by atoms with Gasteiger partial charge in [0.05, 0.1) is 5.69 Å². The normalized spacial score (nSPS) is 18.0. The molecule has 4 rings (SSSR count). The van der Waals surface area contributed by atoms with Crippen molar-refractivity contribution in [3.63, 3.8) is 0 Å². The number of thiazole rings is 1. The summed E-state index contributed by atoms with van der Waals surface area (Å²) in [6.45, 7) is 3.30. The zero-order chi connectivity index (χ0) is 14.2. The van der Waals surface area contributed by atoms with Gasteiger partial charge in [0.15, 0.2) is 11.5 Å². The van der Waals surface area contributed by atoms with Gasteiger partial charge in [0, 0.05) is 23.9 Å². The summed E-state index contributed by atoms with van der Waals surface area (Å²) in [6, 6.07) is 6.37. The number of ether oxygens (including phenoxy) is 2. The third-order valence-electron chi connectivity index (χ3n) is 4.02. The van der Waals surface area contributed by atoms with E-state index in [1.165, 1.54) is 29.1 Å². The van der Waals surface area contributed by atoms with Crippen LogP contribution in [0.1, 0.15) is 48.0 Å². The van der Waals surface area contributed by atoms with Crippen LogP contribution in [0.3, 0.4) is 0 Å². The fourth-order valence-corrected chi connectivity index (χ4v) is 3.34. The molecule has 0 spiro atoms. The Kier molecular flexibility index (Phi) is 3.31. The van der Waals surface area contributed by atoms with E-state index in [1.807, 2.05) is 6.07 Å². The highest BCUT2D eigenvalue weighted by molar-refractivity contribution is 7.09. The molecule has 1 saturated carbocycles. The van der Waals surface area contributed by atoms with E-state index >= 15 is 0 Å². The lowest BCUT2D eigenvalue weighted by Gasteiger charge is -2.13. The lowest BCUT2D eigenvalue weighted by molar-refractivity contribution is 0.174. The number of hydrogen-bond donors (Lipinski definition) is 1. The first-order chi connectivity index (χ1) is 10.3. The van der Waals surface area contributed by atoms with Crippen molar-refractivity contribution in [1.82, 2.24) is 10.3 Å². The topological polar surface area (TPSA) is 43.4 Å². The highest BCUT2D eigenvalue weighted by atomic mass is 32.1. The van der Waals surface area contributed by atoms with Gasteiger partial charge in [-0.1, -0.05) is 6.07 Å². The van der Waals surface area contributed by atoms with E-state index in [-0.39, 0.29) is 6.04 Å². The third kappa shape index (κ3) is 2.76. The number of nitrogens with zero attached hydrogens (tertiary/aromatic N) is 1. The summed E-state index contributed by atoms with van der Waals surface area (Å²) in [5, 5.41) is 6.91. The van der Waals surface area contributed by atoms with Gasteiger partial charge < -0.3 is 14.8 Å². The number of hydrogen-bond acceptors (Lipinski definition) is 5. The van der Waals surface area contributed by atoms with Crippen LogP contribution >= 0.6 is 11.3 Å². The van der Waals surface area contributed by atoms with Crippen LogP contribution in [0, 0.1) is 0 Å². The van der Waals surface area contributed by atoms with E-state index in [0.29, 0.717) is 6.79 Å². The summed E-state index contributed by atoms with van der Waals surface area (Å²) < 4.78 is 10.8. The van der Waals surface area contributed by atoms with E-state index in [9.17, 15) is 0 Å². The van der Waals surface area contributed by atoms with Crippen LogP contribution in [0.25, 0.3) is 0 Å². The van der Waals surface area contributed by atoms with Crippen molar-refractivity contribution >= 4 is 11.3 Å². The number of rotatable bonds is 5. The van der Waals surface area contributed by atoms with Gasteiger partial charge in [-0.2, -0.15) is 0 Å². The fourth-order valence-electron chi connectivity index (χ4n) is 2.51. The summed E-state index contributed by atoms with van der Waals surface area (Å²) >= 11 is 1.76. The Hall–Kier alpha value is -1.59. The standard InChI is InChI=1S/C16H18N2O2S/c1-10(12-4-5-14-15(6-12)20-9-19-14)17-7-16-18-13(8-21-16)11-2-3-11/h4-6,8,10-11,17H,2-3,7,9H2,1H3/t10-/m1/s1. The molecule has 5 heteroatoms. The van der Waals surface area contributed by atoms with Crippen LogP contribution in [-0.2, 0) is 6.54 Å². The summed E-state index contributed by atoms with van der Waals surface area (Å²) in [7, 11) is 0. The van der Waals surface area contributed by atoms with E-state index in [2.05, 4.69) is 29.8 Å². The predicted octanol–water partition coefficient (Wildman–Crippen LogP) is 3.60. The van der Waals surface area contributed by atoms with E-state index in [0.717, 1.165) is 24.0 Å². The van der Waals surface area contributed by atoms with Gasteiger partial charge in [-0.05, 0) is 37.5 Å². The first kappa shape index (κ1) is 13.1. The lowest BCUT2D eigenvalue weighted by Crippen LogP contribution is -2.18. The van der Waals surface area contributed by atoms with Crippen molar-refractivity contribution in [3.05, 3.63) is 39.8 Å². The molecule has 1 aliphatic heterocycles. The summed E-state index contributed by atoms with van der Waals surface area (Å²) in [4.78, 5) is 4.71. The van der Waals surface area contributed by atoms with Crippen LogP contribution in [-0.4, -0.2) is 11.8 Å². The highest BCUT2D eigenvalue weighted by Crippen LogP contribution is 2.40. The molecule has 0 bridgehead atoms. The maximum atomic E-state index is 5.43. The summed E-state index contributed by atoms with van der Waals surface area (Å²) in [5.74, 6) is 2.41. The van der Waals surface area contributed by atoms with E-state index in [1.54, 1.807) is 11.3 Å². The Bertz CT molecular complexity index is 651. The Morgan fingerprint density at radius 2 is 2.19 bits per heavy atom. The molecule has 1 atom stereocenters. The fraction of sp³-hybridized carbons (Fsp3) is 0.438. The zero-order valence-electron chi connectivity index (χ0n) is 12.0. The minimum absolute atomic E-state index is 0.257. The number of aromatic nitrogens is 1. The molecule has 2 aromatic rings. The van der Waals surface area contributed by atoms with Gasteiger partial charge in [-0.25, -0.2) is 4.98 Å².